The van der Waals surface area contributed by atoms with Crippen LogP contribution >= 0.6 is 28.3 Å². The van der Waals surface area contributed by atoms with E-state index in [-0.39, 0.29) is 23.7 Å². The van der Waals surface area contributed by atoms with Crippen LogP contribution in [0, 0.1) is 0 Å². The quantitative estimate of drug-likeness (QED) is 0.741. The third-order valence-corrected chi connectivity index (χ3v) is 4.08. The van der Waals surface area contributed by atoms with Gasteiger partial charge in [-0.25, -0.2) is 8.78 Å². The normalized spacial score (nSPS) is 18.1. The van der Waals surface area contributed by atoms with Crippen LogP contribution in [0.2, 0.25) is 0 Å². The second kappa shape index (κ2) is 7.69. The molecule has 4 nitrogen and oxygen atoms in total. The molecule has 0 unspecified atom stereocenters. The number of para-hydroxylation sites is 1. The zero-order valence-electron chi connectivity index (χ0n) is 11.2. The minimum atomic E-state index is -3.32. The number of rotatable bonds is 4. The molecule has 0 aromatic heterocycles. The number of aromatic hydroxyl groups is 1. The van der Waals surface area contributed by atoms with E-state index in [9.17, 15) is 13.9 Å². The molecule has 8 heteroatoms. The van der Waals surface area contributed by atoms with E-state index in [1.165, 1.54) is 6.07 Å². The van der Waals surface area contributed by atoms with Gasteiger partial charge in [0, 0.05) is 31.7 Å². The standard InChI is InChI=1S/C13H17BrF2N2O2.ClH/c14-10-3-1-2-9(11(10)20)12(13(15,16)8-19)18-6-4-17-5-7-18;/h1-3,12,17,19-20H,4-8H2;1H/t12-;/m1./s1. The van der Waals surface area contributed by atoms with Gasteiger partial charge < -0.3 is 15.5 Å². The van der Waals surface area contributed by atoms with Gasteiger partial charge >= 0.3 is 0 Å². The summed E-state index contributed by atoms with van der Waals surface area (Å²) >= 11 is 3.14. The second-order valence-electron chi connectivity index (χ2n) is 4.79. The lowest BCUT2D eigenvalue weighted by Gasteiger charge is -2.39. The van der Waals surface area contributed by atoms with Crippen LogP contribution in [0.3, 0.4) is 0 Å². The van der Waals surface area contributed by atoms with Gasteiger partial charge in [-0.15, -0.1) is 12.4 Å². The van der Waals surface area contributed by atoms with Crippen molar-refractivity contribution in [2.24, 2.45) is 0 Å². The van der Waals surface area contributed by atoms with Crippen LogP contribution in [-0.4, -0.2) is 53.8 Å². The van der Waals surface area contributed by atoms with Crippen molar-refractivity contribution in [1.29, 1.82) is 0 Å². The molecule has 0 saturated carbocycles. The van der Waals surface area contributed by atoms with Gasteiger partial charge in [-0.05, 0) is 22.0 Å². The van der Waals surface area contributed by atoms with Crippen LogP contribution in [0.1, 0.15) is 11.6 Å². The molecule has 120 valence electrons. The first kappa shape index (κ1) is 18.6. The molecule has 1 heterocycles. The molecule has 0 bridgehead atoms. The fourth-order valence-corrected chi connectivity index (χ4v) is 2.85. The molecular weight excluding hydrogens is 370 g/mol. The Kier molecular flexibility index (Phi) is 6.80. The lowest BCUT2D eigenvalue weighted by Crippen LogP contribution is -2.51. The van der Waals surface area contributed by atoms with Crippen LogP contribution in [0.25, 0.3) is 0 Å². The zero-order chi connectivity index (χ0) is 14.8. The predicted molar refractivity (Wildman–Crippen MR) is 82.3 cm³/mol. The van der Waals surface area contributed by atoms with E-state index in [0.717, 1.165) is 0 Å². The van der Waals surface area contributed by atoms with E-state index >= 15 is 0 Å². The highest BCUT2D eigenvalue weighted by Crippen LogP contribution is 2.42. The minimum Gasteiger partial charge on any atom is -0.506 e. The number of phenols is 1. The topological polar surface area (TPSA) is 55.7 Å². The summed E-state index contributed by atoms with van der Waals surface area (Å²) in [6.45, 7) is 0.825. The molecule has 0 aliphatic carbocycles. The molecule has 1 saturated heterocycles. The smallest absolute Gasteiger partial charge is 0.290 e. The summed E-state index contributed by atoms with van der Waals surface area (Å²) in [5, 5.41) is 22.2. The summed E-state index contributed by atoms with van der Waals surface area (Å²) in [7, 11) is 0. The van der Waals surface area contributed by atoms with Crippen molar-refractivity contribution in [2.45, 2.75) is 12.0 Å². The molecule has 1 aliphatic heterocycles. The average Bonchev–Trinajstić information content (AvgIpc) is 2.45. The van der Waals surface area contributed by atoms with E-state index < -0.39 is 18.6 Å². The monoisotopic (exact) mass is 386 g/mol. The third-order valence-electron chi connectivity index (χ3n) is 3.44. The van der Waals surface area contributed by atoms with Gasteiger partial charge in [0.1, 0.15) is 18.4 Å². The molecule has 1 aromatic carbocycles. The van der Waals surface area contributed by atoms with Crippen molar-refractivity contribution in [3.05, 3.63) is 28.2 Å². The fraction of sp³-hybridized carbons (Fsp3) is 0.538. The largest absolute Gasteiger partial charge is 0.506 e. The Hall–Kier alpha value is -0.470. The van der Waals surface area contributed by atoms with Crippen molar-refractivity contribution in [1.82, 2.24) is 10.2 Å². The number of halogens is 4. The number of nitrogens with zero attached hydrogens (tertiary/aromatic N) is 1. The molecular formula is C13H18BrClF2N2O2. The molecule has 1 aromatic rings. The molecule has 1 atom stereocenters. The number of aliphatic hydroxyl groups is 1. The maximum Gasteiger partial charge on any atom is 0.290 e. The summed E-state index contributed by atoms with van der Waals surface area (Å²) < 4.78 is 28.7. The van der Waals surface area contributed by atoms with E-state index in [4.69, 9.17) is 5.11 Å². The highest BCUT2D eigenvalue weighted by atomic mass is 79.9. The van der Waals surface area contributed by atoms with Gasteiger partial charge in [-0.2, -0.15) is 0 Å². The van der Waals surface area contributed by atoms with Gasteiger partial charge in [0.2, 0.25) is 0 Å². The van der Waals surface area contributed by atoms with Crippen LogP contribution in [0.5, 0.6) is 5.75 Å². The highest BCUT2D eigenvalue weighted by Gasteiger charge is 2.45. The average molecular weight is 388 g/mol. The summed E-state index contributed by atoms with van der Waals surface area (Å²) in [6.07, 6.45) is 0. The minimum absolute atomic E-state index is 0. The second-order valence-corrected chi connectivity index (χ2v) is 5.64. The molecule has 0 amide bonds. The van der Waals surface area contributed by atoms with Crippen molar-refractivity contribution < 1.29 is 19.0 Å². The lowest BCUT2D eigenvalue weighted by atomic mass is 9.97. The number of phenolic OH excluding ortho intramolecular Hbond substituents is 1. The van der Waals surface area contributed by atoms with Crippen molar-refractivity contribution in [3.8, 4) is 5.75 Å². The number of benzene rings is 1. The van der Waals surface area contributed by atoms with E-state index in [1.807, 2.05) is 0 Å². The predicted octanol–water partition coefficient (Wildman–Crippen LogP) is 2.15. The first-order valence-corrected chi connectivity index (χ1v) is 7.17. The van der Waals surface area contributed by atoms with E-state index in [2.05, 4.69) is 21.2 Å². The SMILES string of the molecule is Cl.OCC(F)(F)[C@@H](c1cccc(Br)c1O)N1CCNCC1. The first-order valence-electron chi connectivity index (χ1n) is 6.38. The van der Waals surface area contributed by atoms with Gasteiger partial charge in [-0.1, -0.05) is 12.1 Å². The third kappa shape index (κ3) is 4.04. The number of hydrogen-bond donors (Lipinski definition) is 3. The number of nitrogens with one attached hydrogen (secondary N) is 1. The first-order chi connectivity index (χ1) is 9.47. The summed E-state index contributed by atoms with van der Waals surface area (Å²) in [4.78, 5) is 1.59. The maximum atomic E-state index is 14.2. The van der Waals surface area contributed by atoms with Crippen molar-refractivity contribution in [2.75, 3.05) is 32.8 Å². The zero-order valence-corrected chi connectivity index (χ0v) is 13.6. The molecule has 0 spiro atoms. The van der Waals surface area contributed by atoms with Gasteiger partial charge in [0.25, 0.3) is 5.92 Å². The molecule has 1 fully saturated rings. The maximum absolute atomic E-state index is 14.2. The number of alkyl halides is 2. The number of hydrogen-bond acceptors (Lipinski definition) is 4. The Morgan fingerprint density at radius 3 is 2.52 bits per heavy atom. The van der Waals surface area contributed by atoms with Crippen molar-refractivity contribution >= 4 is 28.3 Å². The fourth-order valence-electron chi connectivity index (χ4n) is 2.47. The summed E-state index contributed by atoms with van der Waals surface area (Å²) in [5.41, 5.74) is 0.125. The van der Waals surface area contributed by atoms with E-state index in [1.54, 1.807) is 17.0 Å². The Labute approximate surface area is 136 Å². The van der Waals surface area contributed by atoms with Gasteiger partial charge in [0.05, 0.1) is 4.47 Å². The Morgan fingerprint density at radius 1 is 1.33 bits per heavy atom. The molecule has 3 N–H and O–H groups in total. The highest BCUT2D eigenvalue weighted by molar-refractivity contribution is 9.10. The number of piperazine rings is 1. The Morgan fingerprint density at radius 2 is 1.95 bits per heavy atom. The van der Waals surface area contributed by atoms with E-state index in [0.29, 0.717) is 30.7 Å². The lowest BCUT2D eigenvalue weighted by molar-refractivity contribution is -0.119. The molecule has 2 rings (SSSR count). The van der Waals surface area contributed by atoms with Gasteiger partial charge in [-0.3, -0.25) is 4.90 Å². The summed E-state index contributed by atoms with van der Waals surface area (Å²) in [6, 6.07) is 3.31. The summed E-state index contributed by atoms with van der Waals surface area (Å²) in [5.74, 6) is -3.53. The van der Waals surface area contributed by atoms with Crippen LogP contribution in [0.4, 0.5) is 8.78 Å². The molecule has 1 aliphatic rings. The number of aliphatic hydroxyl groups excluding tert-OH is 1. The van der Waals surface area contributed by atoms with Crippen LogP contribution in [0.15, 0.2) is 22.7 Å². The molecule has 0 radical (unpaired) electrons. The van der Waals surface area contributed by atoms with Gasteiger partial charge in [0.15, 0.2) is 0 Å². The van der Waals surface area contributed by atoms with Crippen LogP contribution in [-0.2, 0) is 0 Å². The Bertz CT molecular complexity index is 473. The Balaban J connectivity index is 0.00000220. The molecule has 21 heavy (non-hydrogen) atoms. The van der Waals surface area contributed by atoms with Crippen molar-refractivity contribution in [3.63, 3.8) is 0 Å². The van der Waals surface area contributed by atoms with Crippen LogP contribution < -0.4 is 5.32 Å².